The molecule has 1 heterocycles. The lowest BCUT2D eigenvalue weighted by Crippen LogP contribution is -2.38. The Morgan fingerprint density at radius 1 is 0.946 bits per heavy atom. The molecule has 2 aromatic carbocycles. The van der Waals surface area contributed by atoms with Gasteiger partial charge in [0.1, 0.15) is 17.3 Å². The Labute approximate surface area is 203 Å². The Balaban J connectivity index is 1.88. The topological polar surface area (TPSA) is 63.6 Å². The lowest BCUT2D eigenvalue weighted by atomic mass is 9.96. The molecule has 1 atom stereocenters. The third-order valence-electron chi connectivity index (χ3n) is 4.82. The molecule has 0 radical (unpaired) electrons. The number of pyridine rings is 1. The summed E-state index contributed by atoms with van der Waals surface area (Å²) in [6.07, 6.45) is -11.6. The Kier molecular flexibility index (Phi) is 8.53. The maximum Gasteiger partial charge on any atom is 0.417 e. The molecular weight excluding hydrogens is 523 g/mol. The summed E-state index contributed by atoms with van der Waals surface area (Å²) in [5, 5.41) is 11.1. The van der Waals surface area contributed by atoms with E-state index >= 15 is 0 Å². The second-order valence-electron chi connectivity index (χ2n) is 7.51. The van der Waals surface area contributed by atoms with Gasteiger partial charge in [-0.2, -0.15) is 35.1 Å². The number of aliphatic hydroxyl groups excluding tert-OH is 1. The maximum absolute atomic E-state index is 14.7. The average Bonchev–Trinajstić information content (AvgIpc) is 2.78. The second kappa shape index (κ2) is 11.3. The van der Waals surface area contributed by atoms with Crippen LogP contribution in [-0.2, 0) is 12.7 Å². The van der Waals surface area contributed by atoms with Gasteiger partial charge in [-0.25, -0.2) is 9.37 Å². The smallest absolute Gasteiger partial charge is 0.417 e. The lowest BCUT2D eigenvalue weighted by molar-refractivity contribution is -0.201. The number of aromatic nitrogens is 1. The van der Waals surface area contributed by atoms with Gasteiger partial charge in [0.25, 0.3) is 0 Å². The highest BCUT2D eigenvalue weighted by molar-refractivity contribution is 5.70. The van der Waals surface area contributed by atoms with Crippen LogP contribution in [0.15, 0.2) is 54.7 Å². The maximum atomic E-state index is 14.7. The number of nitrogens with one attached hydrogen (secondary N) is 1. The Bertz CT molecular complexity index is 1220. The van der Waals surface area contributed by atoms with Crippen molar-refractivity contribution in [1.82, 2.24) is 10.3 Å². The molecule has 2 N–H and O–H groups in total. The fourth-order valence-electron chi connectivity index (χ4n) is 3.16. The third kappa shape index (κ3) is 7.73. The number of ether oxygens (including phenoxy) is 2. The van der Waals surface area contributed by atoms with E-state index in [-0.39, 0.29) is 17.1 Å². The van der Waals surface area contributed by atoms with Crippen LogP contribution in [0.3, 0.4) is 0 Å². The Morgan fingerprint density at radius 2 is 1.65 bits per heavy atom. The highest BCUT2D eigenvalue weighted by Crippen LogP contribution is 2.40. The summed E-state index contributed by atoms with van der Waals surface area (Å²) in [6.45, 7) is -4.91. The van der Waals surface area contributed by atoms with E-state index in [2.05, 4.69) is 15.0 Å². The van der Waals surface area contributed by atoms with Gasteiger partial charge in [0.15, 0.2) is 6.10 Å². The molecule has 1 aromatic heterocycles. The minimum absolute atomic E-state index is 0.0208. The molecule has 0 aliphatic heterocycles. The molecule has 37 heavy (non-hydrogen) atoms. The first-order chi connectivity index (χ1) is 17.2. The number of benzene rings is 2. The van der Waals surface area contributed by atoms with Crippen molar-refractivity contribution in [3.63, 3.8) is 0 Å². The molecule has 0 aliphatic carbocycles. The molecule has 0 saturated heterocycles. The van der Waals surface area contributed by atoms with Gasteiger partial charge < -0.3 is 19.9 Å². The largest absolute Gasteiger partial charge is 0.457 e. The van der Waals surface area contributed by atoms with Crippen molar-refractivity contribution in [3.8, 4) is 28.5 Å². The second-order valence-corrected chi connectivity index (χ2v) is 7.51. The molecule has 14 heteroatoms. The quantitative estimate of drug-likeness (QED) is 0.312. The highest BCUT2D eigenvalue weighted by atomic mass is 19.4. The summed E-state index contributed by atoms with van der Waals surface area (Å²) in [6, 6.07) is 8.41. The molecule has 0 amide bonds. The highest BCUT2D eigenvalue weighted by Gasteiger charge is 2.38. The van der Waals surface area contributed by atoms with Crippen molar-refractivity contribution in [2.45, 2.75) is 31.6 Å². The zero-order valence-corrected chi connectivity index (χ0v) is 18.4. The van der Waals surface area contributed by atoms with E-state index in [1.54, 1.807) is 0 Å². The standard InChI is InChI=1S/C23H17F9N2O3/c24-18-9-16(17(22(27,28)29)7-13(18)10-33-11-19(35)23(30,31)32)12-2-1-3-14(6-12)36-15-4-5-34-20(8-15)37-21(25)26/h1-9,19,21,33,35H,10-11H2. The molecule has 0 spiro atoms. The van der Waals surface area contributed by atoms with Crippen LogP contribution in [0.25, 0.3) is 11.1 Å². The van der Waals surface area contributed by atoms with Crippen molar-refractivity contribution in [2.24, 2.45) is 0 Å². The van der Waals surface area contributed by atoms with Crippen LogP contribution in [0.2, 0.25) is 0 Å². The van der Waals surface area contributed by atoms with Gasteiger partial charge in [-0.1, -0.05) is 12.1 Å². The van der Waals surface area contributed by atoms with Crippen molar-refractivity contribution in [3.05, 3.63) is 71.7 Å². The molecule has 3 aromatic rings. The Hall–Kier alpha value is -3.52. The molecule has 0 aliphatic rings. The van der Waals surface area contributed by atoms with Crippen LogP contribution in [0.4, 0.5) is 39.5 Å². The summed E-state index contributed by atoms with van der Waals surface area (Å²) in [5.41, 5.74) is -2.53. The minimum atomic E-state index is -4.97. The SMILES string of the molecule is OC(CNCc1cc(C(F)(F)F)c(-c2cccc(Oc3ccnc(OC(F)F)c3)c2)cc1F)C(F)(F)F. The van der Waals surface area contributed by atoms with Gasteiger partial charge in [-0.05, 0) is 41.5 Å². The van der Waals surface area contributed by atoms with Crippen LogP contribution in [-0.4, -0.2) is 35.5 Å². The van der Waals surface area contributed by atoms with Crippen molar-refractivity contribution in [2.75, 3.05) is 6.54 Å². The minimum Gasteiger partial charge on any atom is -0.457 e. The first-order valence-corrected chi connectivity index (χ1v) is 10.3. The number of aliphatic hydroxyl groups is 1. The van der Waals surface area contributed by atoms with Crippen LogP contribution in [0, 0.1) is 5.82 Å². The van der Waals surface area contributed by atoms with E-state index < -0.39 is 66.5 Å². The van der Waals surface area contributed by atoms with Crippen LogP contribution < -0.4 is 14.8 Å². The lowest BCUT2D eigenvalue weighted by Gasteiger charge is -2.18. The van der Waals surface area contributed by atoms with Gasteiger partial charge in [0.2, 0.25) is 5.88 Å². The number of nitrogens with zero attached hydrogens (tertiary/aromatic N) is 1. The summed E-state index contributed by atoms with van der Waals surface area (Å²) in [4.78, 5) is 3.56. The number of rotatable bonds is 9. The van der Waals surface area contributed by atoms with Gasteiger partial charge in [0.05, 0.1) is 5.56 Å². The molecule has 200 valence electrons. The van der Waals surface area contributed by atoms with Gasteiger partial charge in [-0.15, -0.1) is 0 Å². The van der Waals surface area contributed by atoms with Crippen molar-refractivity contribution >= 4 is 0 Å². The molecule has 0 fully saturated rings. The van der Waals surface area contributed by atoms with E-state index in [0.29, 0.717) is 12.1 Å². The summed E-state index contributed by atoms with van der Waals surface area (Å²) >= 11 is 0. The summed E-state index contributed by atoms with van der Waals surface area (Å²) < 4.78 is 128. The number of hydrogen-bond donors (Lipinski definition) is 2. The van der Waals surface area contributed by atoms with Crippen LogP contribution in [0.1, 0.15) is 11.1 Å². The van der Waals surface area contributed by atoms with Crippen LogP contribution in [0.5, 0.6) is 17.4 Å². The predicted molar refractivity (Wildman–Crippen MR) is 112 cm³/mol. The zero-order valence-electron chi connectivity index (χ0n) is 18.4. The molecule has 0 bridgehead atoms. The number of alkyl halides is 8. The van der Waals surface area contributed by atoms with Crippen molar-refractivity contribution in [1.29, 1.82) is 0 Å². The average molecular weight is 540 g/mol. The Morgan fingerprint density at radius 3 is 2.30 bits per heavy atom. The van der Waals surface area contributed by atoms with Crippen LogP contribution >= 0.6 is 0 Å². The van der Waals surface area contributed by atoms with Gasteiger partial charge in [-0.3, -0.25) is 0 Å². The summed E-state index contributed by atoms with van der Waals surface area (Å²) in [7, 11) is 0. The fourth-order valence-corrected chi connectivity index (χ4v) is 3.16. The zero-order chi connectivity index (χ0) is 27.4. The van der Waals surface area contributed by atoms with E-state index in [1.807, 2.05) is 0 Å². The first kappa shape index (κ1) is 28.1. The van der Waals surface area contributed by atoms with E-state index in [0.717, 1.165) is 18.3 Å². The first-order valence-electron chi connectivity index (χ1n) is 10.3. The van der Waals surface area contributed by atoms with E-state index in [1.165, 1.54) is 24.3 Å². The van der Waals surface area contributed by atoms with Crippen molar-refractivity contribution < 1.29 is 54.1 Å². The molecular formula is C23H17F9N2O3. The third-order valence-corrected chi connectivity index (χ3v) is 4.82. The molecule has 3 rings (SSSR count). The molecule has 5 nitrogen and oxygen atoms in total. The van der Waals surface area contributed by atoms with E-state index in [9.17, 15) is 39.5 Å². The predicted octanol–water partition coefficient (Wildman–Crippen LogP) is 6.31. The monoisotopic (exact) mass is 540 g/mol. The molecule has 0 saturated carbocycles. The number of halogens is 9. The number of hydrogen-bond acceptors (Lipinski definition) is 5. The van der Waals surface area contributed by atoms with Gasteiger partial charge in [0, 0.05) is 30.9 Å². The van der Waals surface area contributed by atoms with Gasteiger partial charge >= 0.3 is 19.0 Å². The summed E-state index contributed by atoms with van der Waals surface area (Å²) in [5.74, 6) is -1.64. The molecule has 1 unspecified atom stereocenters. The normalized spacial score (nSPS) is 13.1. The fraction of sp³-hybridized carbons (Fsp3) is 0.261. The van der Waals surface area contributed by atoms with E-state index in [4.69, 9.17) is 9.84 Å².